The van der Waals surface area contributed by atoms with E-state index in [1.165, 1.54) is 0 Å². The van der Waals surface area contributed by atoms with Crippen LogP contribution >= 0.6 is 0 Å². The van der Waals surface area contributed by atoms with Crippen molar-refractivity contribution in [3.8, 4) is 0 Å². The number of ether oxygens (including phenoxy) is 1. The van der Waals surface area contributed by atoms with Gasteiger partial charge in [-0.2, -0.15) is 0 Å². The van der Waals surface area contributed by atoms with Gasteiger partial charge in [0.2, 0.25) is 0 Å². The summed E-state index contributed by atoms with van der Waals surface area (Å²) in [6.07, 6.45) is 2.23. The lowest BCUT2D eigenvalue weighted by Crippen LogP contribution is -2.60. The summed E-state index contributed by atoms with van der Waals surface area (Å²) in [6, 6.07) is 0.589. The second-order valence-corrected chi connectivity index (χ2v) is 5.70. The number of hydrogen-bond donors (Lipinski definition) is 2. The molecule has 1 saturated heterocycles. The first-order chi connectivity index (χ1) is 8.49. The zero-order valence-corrected chi connectivity index (χ0v) is 12.2. The normalized spacial score (nSPS) is 29.4. The van der Waals surface area contributed by atoms with E-state index >= 15 is 0 Å². The molecule has 0 amide bonds. The minimum Gasteiger partial charge on any atom is -0.376 e. The van der Waals surface area contributed by atoms with Crippen LogP contribution in [0.2, 0.25) is 0 Å². The summed E-state index contributed by atoms with van der Waals surface area (Å²) in [5, 5.41) is 3.60. The minimum atomic E-state index is 0.0957. The lowest BCUT2D eigenvalue weighted by atomic mass is 9.84. The number of nitrogens with zero attached hydrogens (tertiary/aromatic N) is 1. The van der Waals surface area contributed by atoms with Gasteiger partial charge in [0.15, 0.2) is 0 Å². The molecule has 4 heteroatoms. The molecule has 0 aromatic rings. The van der Waals surface area contributed by atoms with Gasteiger partial charge in [-0.25, -0.2) is 0 Å². The predicted molar refractivity (Wildman–Crippen MR) is 76.7 cm³/mol. The van der Waals surface area contributed by atoms with E-state index in [2.05, 4.69) is 30.8 Å². The van der Waals surface area contributed by atoms with Crippen LogP contribution < -0.4 is 11.1 Å². The van der Waals surface area contributed by atoms with E-state index in [1.807, 2.05) is 6.92 Å². The second-order valence-electron chi connectivity index (χ2n) is 5.70. The fraction of sp³-hybridized carbons (Fsp3) is 0.857. The van der Waals surface area contributed by atoms with Crippen molar-refractivity contribution >= 4 is 0 Å². The van der Waals surface area contributed by atoms with Crippen molar-refractivity contribution in [2.45, 2.75) is 38.3 Å². The van der Waals surface area contributed by atoms with Crippen LogP contribution in [0.3, 0.4) is 0 Å². The van der Waals surface area contributed by atoms with Gasteiger partial charge in [0.05, 0.1) is 13.2 Å². The summed E-state index contributed by atoms with van der Waals surface area (Å²) in [6.45, 7) is 12.1. The topological polar surface area (TPSA) is 50.5 Å². The van der Waals surface area contributed by atoms with E-state index < -0.39 is 0 Å². The zero-order valence-electron chi connectivity index (χ0n) is 12.2. The Balaban J connectivity index is 2.30. The Morgan fingerprint density at radius 3 is 2.89 bits per heavy atom. The van der Waals surface area contributed by atoms with Crippen LogP contribution in [0.15, 0.2) is 12.2 Å². The predicted octanol–water partition coefficient (Wildman–Crippen LogP) is 0.980. The summed E-state index contributed by atoms with van der Waals surface area (Å²) >= 11 is 0. The maximum absolute atomic E-state index is 5.97. The Morgan fingerprint density at radius 2 is 2.33 bits per heavy atom. The van der Waals surface area contributed by atoms with Crippen LogP contribution in [0.4, 0.5) is 0 Å². The molecule has 1 heterocycles. The van der Waals surface area contributed by atoms with Crippen molar-refractivity contribution in [2.75, 3.05) is 39.9 Å². The first-order valence-electron chi connectivity index (χ1n) is 6.86. The number of nitrogens with one attached hydrogen (secondary N) is 1. The summed E-state index contributed by atoms with van der Waals surface area (Å²) in [5.74, 6) is 0. The largest absolute Gasteiger partial charge is 0.376 e. The molecule has 4 nitrogen and oxygen atoms in total. The molecule has 0 spiro atoms. The number of piperidine rings is 1. The van der Waals surface area contributed by atoms with Crippen LogP contribution in [0.5, 0.6) is 0 Å². The van der Waals surface area contributed by atoms with Gasteiger partial charge in [0.25, 0.3) is 0 Å². The molecule has 1 fully saturated rings. The number of likely N-dealkylation sites (tertiary alicyclic amines) is 1. The van der Waals surface area contributed by atoms with Crippen molar-refractivity contribution in [3.05, 3.63) is 12.2 Å². The summed E-state index contributed by atoms with van der Waals surface area (Å²) in [4.78, 5) is 2.40. The molecule has 106 valence electrons. The molecule has 3 N–H and O–H groups in total. The number of nitrogens with two attached hydrogens (primary N) is 1. The van der Waals surface area contributed by atoms with Crippen LogP contribution in [-0.2, 0) is 4.74 Å². The molecule has 18 heavy (non-hydrogen) atoms. The average Bonchev–Trinajstić information content (AvgIpc) is 2.33. The molecular formula is C14H29N3O. The maximum atomic E-state index is 5.97. The monoisotopic (exact) mass is 255 g/mol. The van der Waals surface area contributed by atoms with Gasteiger partial charge in [-0.15, -0.1) is 0 Å². The highest BCUT2D eigenvalue weighted by atomic mass is 16.5. The minimum absolute atomic E-state index is 0.0957. The first-order valence-corrected chi connectivity index (χ1v) is 6.86. The van der Waals surface area contributed by atoms with Gasteiger partial charge < -0.3 is 20.7 Å². The van der Waals surface area contributed by atoms with E-state index in [0.29, 0.717) is 19.2 Å². The van der Waals surface area contributed by atoms with E-state index in [0.717, 1.165) is 38.1 Å². The number of hydrogen-bond acceptors (Lipinski definition) is 4. The molecule has 0 saturated carbocycles. The highest BCUT2D eigenvalue weighted by Gasteiger charge is 2.35. The molecule has 0 bridgehead atoms. The van der Waals surface area contributed by atoms with Crippen molar-refractivity contribution in [3.63, 3.8) is 0 Å². The third-order valence-corrected chi connectivity index (χ3v) is 3.87. The van der Waals surface area contributed by atoms with Gasteiger partial charge in [0, 0.05) is 24.7 Å². The van der Waals surface area contributed by atoms with Crippen molar-refractivity contribution in [1.29, 1.82) is 0 Å². The molecule has 1 rings (SSSR count). The lowest BCUT2D eigenvalue weighted by molar-refractivity contribution is 0.0962. The fourth-order valence-corrected chi connectivity index (χ4v) is 2.49. The maximum Gasteiger partial charge on any atom is 0.0672 e. The van der Waals surface area contributed by atoms with Gasteiger partial charge in [-0.1, -0.05) is 12.2 Å². The molecule has 0 aromatic carbocycles. The molecule has 1 aliphatic heterocycles. The summed E-state index contributed by atoms with van der Waals surface area (Å²) in [7, 11) is 2.18. The van der Waals surface area contributed by atoms with E-state index in [4.69, 9.17) is 10.5 Å². The molecule has 1 aliphatic rings. The Hall–Kier alpha value is -0.420. The van der Waals surface area contributed by atoms with Crippen molar-refractivity contribution in [2.24, 2.45) is 5.73 Å². The van der Waals surface area contributed by atoms with Crippen LogP contribution in [0.25, 0.3) is 0 Å². The lowest BCUT2D eigenvalue weighted by Gasteiger charge is -2.44. The van der Waals surface area contributed by atoms with Crippen molar-refractivity contribution < 1.29 is 4.74 Å². The summed E-state index contributed by atoms with van der Waals surface area (Å²) in [5.41, 5.74) is 7.13. The molecule has 0 radical (unpaired) electrons. The summed E-state index contributed by atoms with van der Waals surface area (Å²) < 4.78 is 5.51. The van der Waals surface area contributed by atoms with Gasteiger partial charge in [-0.3, -0.25) is 0 Å². The highest BCUT2D eigenvalue weighted by molar-refractivity contribution is 4.96. The molecule has 0 aliphatic carbocycles. The van der Waals surface area contributed by atoms with E-state index in [9.17, 15) is 0 Å². The van der Waals surface area contributed by atoms with E-state index in [1.54, 1.807) is 0 Å². The Morgan fingerprint density at radius 1 is 1.61 bits per heavy atom. The smallest absolute Gasteiger partial charge is 0.0672 e. The zero-order chi connectivity index (χ0) is 13.6. The SMILES string of the molecule is C=C(C)COCCNC1(CN)CCN(C)C(C)C1. The standard InChI is InChI=1S/C14H29N3O/c1-12(2)10-18-8-6-16-14(11-15)5-7-17(4)13(3)9-14/h13,16H,1,5-11,15H2,2-4H3. The highest BCUT2D eigenvalue weighted by Crippen LogP contribution is 2.24. The van der Waals surface area contributed by atoms with Gasteiger partial charge in [-0.05, 0) is 40.3 Å². The quantitative estimate of drug-likeness (QED) is 0.526. The number of rotatable bonds is 7. The molecule has 2 unspecified atom stereocenters. The Labute approximate surface area is 112 Å². The van der Waals surface area contributed by atoms with Crippen LogP contribution in [0.1, 0.15) is 26.7 Å². The van der Waals surface area contributed by atoms with Gasteiger partial charge in [0.1, 0.15) is 0 Å². The molecular weight excluding hydrogens is 226 g/mol. The molecule has 2 atom stereocenters. The molecule has 0 aromatic heterocycles. The Bertz CT molecular complexity index is 270. The van der Waals surface area contributed by atoms with Crippen LogP contribution in [-0.4, -0.2) is 56.4 Å². The van der Waals surface area contributed by atoms with E-state index in [-0.39, 0.29) is 5.54 Å². The third kappa shape index (κ3) is 4.69. The van der Waals surface area contributed by atoms with Gasteiger partial charge >= 0.3 is 0 Å². The Kier molecular flexibility index (Phi) is 6.29. The van der Waals surface area contributed by atoms with Crippen LogP contribution in [0, 0.1) is 0 Å². The van der Waals surface area contributed by atoms with Crippen molar-refractivity contribution in [1.82, 2.24) is 10.2 Å². The first kappa shape index (κ1) is 15.6. The fourth-order valence-electron chi connectivity index (χ4n) is 2.49. The second kappa shape index (κ2) is 7.24. The third-order valence-electron chi connectivity index (χ3n) is 3.87. The average molecular weight is 255 g/mol.